The Hall–Kier alpha value is -2.50. The number of carbonyl (C=O) groups excluding carboxylic acids is 1. The molecule has 2 aromatic rings. The summed E-state index contributed by atoms with van der Waals surface area (Å²) in [5.74, 6) is 1.03. The van der Waals surface area contributed by atoms with Gasteiger partial charge >= 0.3 is 0 Å². The van der Waals surface area contributed by atoms with E-state index in [2.05, 4.69) is 24.0 Å². The first-order valence-electron chi connectivity index (χ1n) is 8.29. The number of benzene rings is 1. The van der Waals surface area contributed by atoms with Crippen molar-refractivity contribution in [1.29, 1.82) is 0 Å². The number of nitrogens with one attached hydrogen (secondary N) is 2. The number of aromatic nitrogens is 2. The van der Waals surface area contributed by atoms with Crippen molar-refractivity contribution in [2.45, 2.75) is 45.8 Å². The van der Waals surface area contributed by atoms with Crippen molar-refractivity contribution in [2.75, 3.05) is 6.54 Å². The average molecular weight is 329 g/mol. The first-order valence-corrected chi connectivity index (χ1v) is 8.29. The molecule has 0 radical (unpaired) electrons. The van der Waals surface area contributed by atoms with Crippen LogP contribution in [0.15, 0.2) is 29.1 Å². The van der Waals surface area contributed by atoms with Gasteiger partial charge in [0.25, 0.3) is 11.5 Å². The second-order valence-corrected chi connectivity index (χ2v) is 6.53. The van der Waals surface area contributed by atoms with E-state index in [0.717, 1.165) is 5.69 Å². The molecule has 3 rings (SSSR count). The smallest absolute Gasteiger partial charge is 0.269 e. The zero-order valence-electron chi connectivity index (χ0n) is 14.3. The SMILES string of the molecule is CC(Oc1ccc(C(C)C)cc1)C(=O)N1CCc2[nH][nH]c(=O)c2C1. The number of carbonyl (C=O) groups is 1. The Labute approximate surface area is 140 Å². The molecule has 1 unspecified atom stereocenters. The Morgan fingerprint density at radius 2 is 1.88 bits per heavy atom. The van der Waals surface area contributed by atoms with Gasteiger partial charge < -0.3 is 14.7 Å². The number of fused-ring (bicyclic) bond motifs is 1. The van der Waals surface area contributed by atoms with Crippen LogP contribution < -0.4 is 10.3 Å². The van der Waals surface area contributed by atoms with E-state index in [4.69, 9.17) is 4.74 Å². The van der Waals surface area contributed by atoms with Gasteiger partial charge in [0.05, 0.1) is 12.1 Å². The molecule has 0 saturated carbocycles. The van der Waals surface area contributed by atoms with E-state index in [-0.39, 0.29) is 11.5 Å². The second kappa shape index (κ2) is 6.55. The molecule has 2 heterocycles. The van der Waals surface area contributed by atoms with Crippen LogP contribution in [0.3, 0.4) is 0 Å². The summed E-state index contributed by atoms with van der Waals surface area (Å²) in [5.41, 5.74) is 2.61. The number of aromatic amines is 2. The number of ether oxygens (including phenoxy) is 1. The highest BCUT2D eigenvalue weighted by atomic mass is 16.5. The van der Waals surface area contributed by atoms with Crippen LogP contribution in [0.1, 0.15) is 43.5 Å². The Balaban J connectivity index is 1.65. The van der Waals surface area contributed by atoms with Crippen LogP contribution in [0, 0.1) is 0 Å². The standard InChI is InChI=1S/C18H23N3O3/c1-11(2)13-4-6-14(7-5-13)24-12(3)18(23)21-9-8-16-15(10-21)17(22)20-19-16/h4-7,11-12H,8-10H2,1-3H3,(H2,19,20,22). The molecule has 6 nitrogen and oxygen atoms in total. The van der Waals surface area contributed by atoms with Crippen LogP contribution >= 0.6 is 0 Å². The Morgan fingerprint density at radius 3 is 2.54 bits per heavy atom. The predicted molar refractivity (Wildman–Crippen MR) is 91.2 cm³/mol. The summed E-state index contributed by atoms with van der Waals surface area (Å²) in [6, 6.07) is 7.82. The summed E-state index contributed by atoms with van der Waals surface area (Å²) in [6.07, 6.45) is 0.0600. The molecular formula is C18H23N3O3. The van der Waals surface area contributed by atoms with Gasteiger partial charge in [-0.2, -0.15) is 0 Å². The lowest BCUT2D eigenvalue weighted by atomic mass is 10.0. The summed E-state index contributed by atoms with van der Waals surface area (Å²) in [5, 5.41) is 5.43. The second-order valence-electron chi connectivity index (χ2n) is 6.53. The zero-order valence-corrected chi connectivity index (χ0v) is 14.3. The van der Waals surface area contributed by atoms with E-state index in [9.17, 15) is 9.59 Å². The predicted octanol–water partition coefficient (Wildman–Crippen LogP) is 2.18. The van der Waals surface area contributed by atoms with Gasteiger partial charge in [0, 0.05) is 18.7 Å². The van der Waals surface area contributed by atoms with Crippen molar-refractivity contribution in [2.24, 2.45) is 0 Å². The number of amides is 1. The molecule has 6 heteroatoms. The van der Waals surface area contributed by atoms with Gasteiger partial charge in [-0.1, -0.05) is 26.0 Å². The summed E-state index contributed by atoms with van der Waals surface area (Å²) in [7, 11) is 0. The van der Waals surface area contributed by atoms with E-state index in [1.165, 1.54) is 5.56 Å². The topological polar surface area (TPSA) is 78.2 Å². The molecule has 0 fully saturated rings. The molecule has 0 spiro atoms. The normalized spacial score (nSPS) is 15.2. The summed E-state index contributed by atoms with van der Waals surface area (Å²) in [4.78, 5) is 26.0. The molecule has 0 saturated heterocycles. The van der Waals surface area contributed by atoms with Crippen LogP contribution in [0.25, 0.3) is 0 Å². The lowest BCUT2D eigenvalue weighted by molar-refractivity contribution is -0.138. The molecule has 128 valence electrons. The van der Waals surface area contributed by atoms with Gasteiger partial charge in [-0.3, -0.25) is 14.7 Å². The van der Waals surface area contributed by atoms with Gasteiger partial charge in [0.1, 0.15) is 5.75 Å². The minimum atomic E-state index is -0.588. The van der Waals surface area contributed by atoms with Crippen molar-refractivity contribution in [3.05, 3.63) is 51.4 Å². The molecule has 0 aliphatic carbocycles. The van der Waals surface area contributed by atoms with Crippen LogP contribution in [0.4, 0.5) is 0 Å². The molecule has 0 bridgehead atoms. The number of rotatable bonds is 4. The molecule has 1 aliphatic heterocycles. The molecule has 1 amide bonds. The molecule has 1 aromatic carbocycles. The molecular weight excluding hydrogens is 306 g/mol. The molecule has 1 aromatic heterocycles. The first kappa shape index (κ1) is 16.4. The summed E-state index contributed by atoms with van der Waals surface area (Å²) >= 11 is 0. The van der Waals surface area contributed by atoms with E-state index >= 15 is 0 Å². The highest BCUT2D eigenvalue weighted by molar-refractivity contribution is 5.81. The third-order valence-corrected chi connectivity index (χ3v) is 4.47. The molecule has 1 atom stereocenters. The average Bonchev–Trinajstić information content (AvgIpc) is 2.95. The van der Waals surface area contributed by atoms with E-state index in [1.807, 2.05) is 24.3 Å². The van der Waals surface area contributed by atoms with Gasteiger partial charge in [0.15, 0.2) is 6.10 Å². The van der Waals surface area contributed by atoms with Gasteiger partial charge in [-0.15, -0.1) is 0 Å². The largest absolute Gasteiger partial charge is 0.481 e. The van der Waals surface area contributed by atoms with E-state index in [0.29, 0.717) is 36.7 Å². The Kier molecular flexibility index (Phi) is 4.46. The summed E-state index contributed by atoms with van der Waals surface area (Å²) < 4.78 is 5.78. The van der Waals surface area contributed by atoms with Crippen molar-refractivity contribution in [3.8, 4) is 5.75 Å². The highest BCUT2D eigenvalue weighted by Crippen LogP contribution is 2.20. The fraction of sp³-hybridized carbons (Fsp3) is 0.444. The van der Waals surface area contributed by atoms with Crippen molar-refractivity contribution in [3.63, 3.8) is 0 Å². The number of hydrogen-bond donors (Lipinski definition) is 2. The van der Waals surface area contributed by atoms with Crippen molar-refractivity contribution >= 4 is 5.91 Å². The van der Waals surface area contributed by atoms with Crippen LogP contribution in [-0.2, 0) is 17.8 Å². The minimum Gasteiger partial charge on any atom is -0.481 e. The fourth-order valence-electron chi connectivity index (χ4n) is 2.95. The lowest BCUT2D eigenvalue weighted by Gasteiger charge is -2.28. The Bertz CT molecular complexity index is 774. The lowest BCUT2D eigenvalue weighted by Crippen LogP contribution is -2.43. The van der Waals surface area contributed by atoms with Crippen LogP contribution in [0.2, 0.25) is 0 Å². The highest BCUT2D eigenvalue weighted by Gasteiger charge is 2.28. The maximum atomic E-state index is 12.6. The van der Waals surface area contributed by atoms with E-state index < -0.39 is 6.10 Å². The third kappa shape index (κ3) is 3.22. The quantitative estimate of drug-likeness (QED) is 0.902. The van der Waals surface area contributed by atoms with E-state index in [1.54, 1.807) is 11.8 Å². The zero-order chi connectivity index (χ0) is 17.3. The molecule has 24 heavy (non-hydrogen) atoms. The maximum absolute atomic E-state index is 12.6. The van der Waals surface area contributed by atoms with Gasteiger partial charge in [-0.25, -0.2) is 0 Å². The number of H-pyrrole nitrogens is 2. The van der Waals surface area contributed by atoms with Gasteiger partial charge in [0.2, 0.25) is 0 Å². The summed E-state index contributed by atoms with van der Waals surface area (Å²) in [6.45, 7) is 6.92. The maximum Gasteiger partial charge on any atom is 0.269 e. The molecule has 2 N–H and O–H groups in total. The number of hydrogen-bond acceptors (Lipinski definition) is 3. The van der Waals surface area contributed by atoms with Gasteiger partial charge in [-0.05, 0) is 30.5 Å². The number of nitrogens with zero attached hydrogens (tertiary/aromatic N) is 1. The van der Waals surface area contributed by atoms with Crippen molar-refractivity contribution in [1.82, 2.24) is 15.1 Å². The fourth-order valence-corrected chi connectivity index (χ4v) is 2.95. The first-order chi connectivity index (χ1) is 11.5. The van der Waals surface area contributed by atoms with Crippen molar-refractivity contribution < 1.29 is 9.53 Å². The third-order valence-electron chi connectivity index (χ3n) is 4.47. The van der Waals surface area contributed by atoms with Crippen LogP contribution in [0.5, 0.6) is 5.75 Å². The molecule has 1 aliphatic rings. The minimum absolute atomic E-state index is 0.103. The monoisotopic (exact) mass is 329 g/mol. The van der Waals surface area contributed by atoms with Crippen LogP contribution in [-0.4, -0.2) is 33.7 Å². The Morgan fingerprint density at radius 1 is 1.17 bits per heavy atom.